The number of carbonyl (C=O) groups is 2. The van der Waals surface area contributed by atoms with Crippen LogP contribution < -0.4 is 11.1 Å². The summed E-state index contributed by atoms with van der Waals surface area (Å²) in [7, 11) is 0. The van der Waals surface area contributed by atoms with E-state index in [1.165, 1.54) is 11.3 Å². The van der Waals surface area contributed by atoms with Crippen LogP contribution >= 0.6 is 11.3 Å². The van der Waals surface area contributed by atoms with Crippen molar-refractivity contribution in [3.8, 4) is 0 Å². The molecule has 2 heterocycles. The van der Waals surface area contributed by atoms with Crippen molar-refractivity contribution < 1.29 is 9.59 Å². The zero-order chi connectivity index (χ0) is 17.6. The maximum atomic E-state index is 13.0. The molecule has 2 unspecified atom stereocenters. The van der Waals surface area contributed by atoms with E-state index in [9.17, 15) is 9.59 Å². The first kappa shape index (κ1) is 17.6. The van der Waals surface area contributed by atoms with Crippen LogP contribution in [0.4, 0.5) is 0 Å². The number of nitrogens with two attached hydrogens (primary N) is 1. The van der Waals surface area contributed by atoms with E-state index in [1.54, 1.807) is 11.0 Å². The summed E-state index contributed by atoms with van der Waals surface area (Å²) in [6.07, 6.45) is 2.32. The molecule has 2 atom stereocenters. The van der Waals surface area contributed by atoms with E-state index in [2.05, 4.69) is 5.32 Å². The topological polar surface area (TPSA) is 75.4 Å². The molecule has 1 aromatic carbocycles. The largest absolute Gasteiger partial charge is 0.339 e. The van der Waals surface area contributed by atoms with Crippen molar-refractivity contribution in [2.24, 2.45) is 5.73 Å². The molecule has 1 aliphatic rings. The molecule has 1 aromatic heterocycles. The fourth-order valence-electron chi connectivity index (χ4n) is 3.12. The van der Waals surface area contributed by atoms with Gasteiger partial charge in [-0.2, -0.15) is 0 Å². The number of nitrogens with one attached hydrogen (secondary N) is 1. The Morgan fingerprint density at radius 3 is 2.72 bits per heavy atom. The number of nitrogens with zero attached hydrogens (tertiary/aromatic N) is 1. The number of rotatable bonds is 5. The van der Waals surface area contributed by atoms with Gasteiger partial charge in [0.05, 0.1) is 4.88 Å². The highest BCUT2D eigenvalue weighted by atomic mass is 32.1. The maximum absolute atomic E-state index is 13.0. The molecule has 1 saturated heterocycles. The summed E-state index contributed by atoms with van der Waals surface area (Å²) in [6, 6.07) is 12.8. The molecule has 0 spiro atoms. The van der Waals surface area contributed by atoms with Crippen molar-refractivity contribution in [2.45, 2.75) is 31.3 Å². The molecule has 3 N–H and O–H groups in total. The molecule has 0 radical (unpaired) electrons. The minimum atomic E-state index is -0.581. The third kappa shape index (κ3) is 4.67. The predicted octanol–water partition coefficient (Wildman–Crippen LogP) is 2.04. The van der Waals surface area contributed by atoms with Crippen LogP contribution in [0, 0.1) is 0 Å². The van der Waals surface area contributed by atoms with Crippen molar-refractivity contribution >= 4 is 23.2 Å². The van der Waals surface area contributed by atoms with Gasteiger partial charge < -0.3 is 16.0 Å². The van der Waals surface area contributed by atoms with Crippen LogP contribution in [0.3, 0.4) is 0 Å². The molecule has 2 aromatic rings. The number of likely N-dealkylation sites (tertiary alicyclic amines) is 1. The minimum Gasteiger partial charge on any atom is -0.339 e. The number of hydrogen-bond acceptors (Lipinski definition) is 4. The van der Waals surface area contributed by atoms with Crippen LogP contribution in [-0.2, 0) is 11.2 Å². The molecule has 132 valence electrons. The molecule has 0 saturated carbocycles. The third-order valence-corrected chi connectivity index (χ3v) is 5.27. The summed E-state index contributed by atoms with van der Waals surface area (Å²) in [6.45, 7) is 1.26. The molecular formula is C19H23N3O2S. The lowest BCUT2D eigenvalue weighted by molar-refractivity contribution is -0.134. The van der Waals surface area contributed by atoms with Gasteiger partial charge in [0.2, 0.25) is 5.91 Å². The van der Waals surface area contributed by atoms with E-state index in [0.29, 0.717) is 24.4 Å². The molecule has 25 heavy (non-hydrogen) atoms. The molecule has 2 amide bonds. The van der Waals surface area contributed by atoms with Crippen LogP contribution in [0.1, 0.15) is 28.1 Å². The van der Waals surface area contributed by atoms with Gasteiger partial charge >= 0.3 is 0 Å². The zero-order valence-corrected chi connectivity index (χ0v) is 14.9. The molecule has 1 aliphatic heterocycles. The number of benzene rings is 1. The number of carbonyl (C=O) groups excluding carboxylic acids is 2. The van der Waals surface area contributed by atoms with E-state index in [1.807, 2.05) is 41.8 Å². The lowest BCUT2D eigenvalue weighted by Crippen LogP contribution is -2.54. The summed E-state index contributed by atoms with van der Waals surface area (Å²) >= 11 is 1.37. The number of thiophene rings is 1. The first-order valence-corrected chi connectivity index (χ1v) is 9.44. The standard InChI is InChI=1S/C19H23N3O2S/c20-15-8-4-10-22(13-15)19(24)16(12-14-6-2-1-3-7-14)21-18(23)17-9-5-11-25-17/h1-3,5-7,9,11,15-16H,4,8,10,12-13,20H2,(H,21,23). The molecule has 1 fully saturated rings. The van der Waals surface area contributed by atoms with Gasteiger partial charge in [-0.25, -0.2) is 0 Å². The van der Waals surface area contributed by atoms with Crippen LogP contribution in [0.2, 0.25) is 0 Å². The summed E-state index contributed by atoms with van der Waals surface area (Å²) in [5.74, 6) is -0.255. The van der Waals surface area contributed by atoms with Gasteiger partial charge in [0.15, 0.2) is 0 Å². The second-order valence-electron chi connectivity index (χ2n) is 6.38. The lowest BCUT2D eigenvalue weighted by Gasteiger charge is -2.33. The van der Waals surface area contributed by atoms with Crippen molar-refractivity contribution in [2.75, 3.05) is 13.1 Å². The van der Waals surface area contributed by atoms with Crippen molar-refractivity contribution in [3.63, 3.8) is 0 Å². The smallest absolute Gasteiger partial charge is 0.262 e. The van der Waals surface area contributed by atoms with Crippen molar-refractivity contribution in [3.05, 3.63) is 58.3 Å². The van der Waals surface area contributed by atoms with Gasteiger partial charge in [0.25, 0.3) is 5.91 Å². The van der Waals surface area contributed by atoms with Gasteiger partial charge in [-0.15, -0.1) is 11.3 Å². The first-order chi connectivity index (χ1) is 12.1. The van der Waals surface area contributed by atoms with Crippen molar-refractivity contribution in [1.29, 1.82) is 0 Å². The Morgan fingerprint density at radius 2 is 2.04 bits per heavy atom. The molecule has 6 heteroatoms. The fraction of sp³-hybridized carbons (Fsp3) is 0.368. The van der Waals surface area contributed by atoms with Crippen LogP contribution in [0.5, 0.6) is 0 Å². The third-order valence-electron chi connectivity index (χ3n) is 4.40. The van der Waals surface area contributed by atoms with Gasteiger partial charge in [-0.3, -0.25) is 9.59 Å². The van der Waals surface area contributed by atoms with Crippen LogP contribution in [0.15, 0.2) is 47.8 Å². The Balaban J connectivity index is 1.75. The van der Waals surface area contributed by atoms with Crippen LogP contribution in [0.25, 0.3) is 0 Å². The minimum absolute atomic E-state index is 0.0167. The van der Waals surface area contributed by atoms with Crippen LogP contribution in [-0.4, -0.2) is 41.9 Å². The predicted molar refractivity (Wildman–Crippen MR) is 99.5 cm³/mol. The molecule has 0 aliphatic carbocycles. The second kappa shape index (κ2) is 8.27. The summed E-state index contributed by atoms with van der Waals surface area (Å²) in [5.41, 5.74) is 7.04. The quantitative estimate of drug-likeness (QED) is 0.860. The zero-order valence-electron chi connectivity index (χ0n) is 14.1. The Morgan fingerprint density at radius 1 is 1.24 bits per heavy atom. The molecular weight excluding hydrogens is 334 g/mol. The van der Waals surface area contributed by atoms with E-state index >= 15 is 0 Å². The highest BCUT2D eigenvalue weighted by Gasteiger charge is 2.29. The average molecular weight is 357 g/mol. The Labute approximate surface area is 151 Å². The van der Waals surface area contributed by atoms with E-state index in [-0.39, 0.29) is 17.9 Å². The van der Waals surface area contributed by atoms with Gasteiger partial charge in [0.1, 0.15) is 6.04 Å². The molecule has 5 nitrogen and oxygen atoms in total. The Bertz CT molecular complexity index is 703. The highest BCUT2D eigenvalue weighted by molar-refractivity contribution is 7.12. The fourth-order valence-corrected chi connectivity index (χ4v) is 3.74. The number of piperidine rings is 1. The van der Waals surface area contributed by atoms with Gasteiger partial charge in [0, 0.05) is 25.6 Å². The average Bonchev–Trinajstić information content (AvgIpc) is 3.16. The SMILES string of the molecule is NC1CCCN(C(=O)C(Cc2ccccc2)NC(=O)c2cccs2)C1. The Hall–Kier alpha value is -2.18. The number of hydrogen-bond donors (Lipinski definition) is 2. The van der Waals surface area contributed by atoms with E-state index in [4.69, 9.17) is 5.73 Å². The summed E-state index contributed by atoms with van der Waals surface area (Å²) in [5, 5.41) is 4.77. The molecule has 0 bridgehead atoms. The van der Waals surface area contributed by atoms with Gasteiger partial charge in [-0.05, 0) is 29.9 Å². The normalized spacial score (nSPS) is 18.6. The van der Waals surface area contributed by atoms with E-state index in [0.717, 1.165) is 18.4 Å². The second-order valence-corrected chi connectivity index (χ2v) is 7.33. The summed E-state index contributed by atoms with van der Waals surface area (Å²) < 4.78 is 0. The first-order valence-electron chi connectivity index (χ1n) is 8.56. The Kier molecular flexibility index (Phi) is 5.83. The van der Waals surface area contributed by atoms with Crippen molar-refractivity contribution in [1.82, 2.24) is 10.2 Å². The van der Waals surface area contributed by atoms with Gasteiger partial charge in [-0.1, -0.05) is 36.4 Å². The molecule has 3 rings (SSSR count). The highest BCUT2D eigenvalue weighted by Crippen LogP contribution is 2.14. The number of amides is 2. The summed E-state index contributed by atoms with van der Waals surface area (Å²) in [4.78, 5) is 27.9. The monoisotopic (exact) mass is 357 g/mol. The van der Waals surface area contributed by atoms with E-state index < -0.39 is 6.04 Å². The maximum Gasteiger partial charge on any atom is 0.262 e. The lowest BCUT2D eigenvalue weighted by atomic mass is 10.0.